The predicted octanol–water partition coefficient (Wildman–Crippen LogP) is 6.25. The van der Waals surface area contributed by atoms with Crippen molar-refractivity contribution < 1.29 is 22.7 Å². The van der Waals surface area contributed by atoms with Crippen LogP contribution in [0.25, 0.3) is 0 Å². The van der Waals surface area contributed by atoms with Gasteiger partial charge in [0.1, 0.15) is 18.3 Å². The quantitative estimate of drug-likeness (QED) is 0.234. The molecule has 3 aromatic rings. The summed E-state index contributed by atoms with van der Waals surface area (Å²) in [5, 5.41) is 3.86. The molecule has 44 heavy (non-hydrogen) atoms. The van der Waals surface area contributed by atoms with E-state index in [0.29, 0.717) is 28.0 Å². The number of carbonyl (C=O) groups is 2. The van der Waals surface area contributed by atoms with Crippen LogP contribution in [0.15, 0.2) is 72.8 Å². The maximum Gasteiger partial charge on any atom is 0.244 e. The highest BCUT2D eigenvalue weighted by atomic mass is 35.5. The Hall–Kier alpha value is -3.27. The molecule has 0 aromatic heterocycles. The molecule has 8 nitrogen and oxygen atoms in total. The Bertz CT molecular complexity index is 1530. The largest absolute Gasteiger partial charge is 0.492 e. The fourth-order valence-electron chi connectivity index (χ4n) is 5.47. The molecule has 1 fully saturated rings. The van der Waals surface area contributed by atoms with E-state index in [1.165, 1.54) is 4.90 Å². The molecule has 236 valence electrons. The number of sulfonamides is 1. The van der Waals surface area contributed by atoms with Gasteiger partial charge in [0, 0.05) is 19.0 Å². The molecule has 1 saturated carbocycles. The first-order valence-electron chi connectivity index (χ1n) is 14.8. The molecular formula is C33H39Cl2N3O5S. The van der Waals surface area contributed by atoms with Crippen molar-refractivity contribution in [3.63, 3.8) is 0 Å². The number of carbonyl (C=O) groups excluding carboxylic acids is 2. The summed E-state index contributed by atoms with van der Waals surface area (Å²) < 4.78 is 33.0. The molecular weight excluding hydrogens is 621 g/mol. The van der Waals surface area contributed by atoms with Gasteiger partial charge in [0.05, 0.1) is 28.6 Å². The van der Waals surface area contributed by atoms with E-state index in [2.05, 4.69) is 5.32 Å². The van der Waals surface area contributed by atoms with Crippen molar-refractivity contribution in [2.75, 3.05) is 23.7 Å². The monoisotopic (exact) mass is 659 g/mol. The minimum Gasteiger partial charge on any atom is -0.492 e. The first kappa shape index (κ1) is 33.6. The highest BCUT2D eigenvalue weighted by Crippen LogP contribution is 2.31. The molecule has 0 bridgehead atoms. The van der Waals surface area contributed by atoms with Crippen LogP contribution >= 0.6 is 23.2 Å². The van der Waals surface area contributed by atoms with Crippen LogP contribution in [-0.4, -0.2) is 56.6 Å². The number of rotatable bonds is 13. The molecule has 1 unspecified atom stereocenters. The molecule has 1 N–H and O–H groups in total. The van der Waals surface area contributed by atoms with E-state index >= 15 is 0 Å². The van der Waals surface area contributed by atoms with Gasteiger partial charge in [0.2, 0.25) is 21.8 Å². The van der Waals surface area contributed by atoms with E-state index in [4.69, 9.17) is 27.9 Å². The fourth-order valence-corrected chi connectivity index (χ4v) is 6.64. The molecule has 0 heterocycles. The lowest BCUT2D eigenvalue weighted by atomic mass is 9.94. The third-order valence-corrected chi connectivity index (χ3v) is 9.54. The van der Waals surface area contributed by atoms with Gasteiger partial charge in [-0.2, -0.15) is 0 Å². The first-order chi connectivity index (χ1) is 21.1. The van der Waals surface area contributed by atoms with Crippen LogP contribution in [0.3, 0.4) is 0 Å². The zero-order valence-corrected chi connectivity index (χ0v) is 27.4. The number of nitrogens with one attached hydrogen (secondary N) is 1. The molecule has 0 spiro atoms. The van der Waals surface area contributed by atoms with Gasteiger partial charge in [0.25, 0.3) is 0 Å². The number of anilines is 1. The summed E-state index contributed by atoms with van der Waals surface area (Å²) in [6.07, 6.45) is 6.23. The number of halogens is 2. The lowest BCUT2D eigenvalue weighted by molar-refractivity contribution is -0.140. The normalized spacial score (nSPS) is 14.5. The van der Waals surface area contributed by atoms with E-state index in [9.17, 15) is 18.0 Å². The summed E-state index contributed by atoms with van der Waals surface area (Å²) in [5.74, 6) is -0.498. The Morgan fingerprint density at radius 3 is 2.27 bits per heavy atom. The lowest BCUT2D eigenvalue weighted by Gasteiger charge is -2.35. The Balaban J connectivity index is 1.75. The predicted molar refractivity (Wildman–Crippen MR) is 176 cm³/mol. The summed E-state index contributed by atoms with van der Waals surface area (Å²) in [4.78, 5) is 29.9. The standard InChI is InChI=1S/C33H39Cl2N3O5S/c1-3-43-31-17-11-10-16-29(31)38(44(2,41)42)23-32(39)37(22-25-18-19-27(34)28(35)20-25)30(21-24-12-6-4-7-13-24)33(40)36-26-14-8-5-9-15-26/h4,6-7,10-13,16-20,26,30H,3,5,8-9,14-15,21-23H2,1-2H3,(H,36,40). The van der Waals surface area contributed by atoms with Gasteiger partial charge in [-0.1, -0.05) is 91.0 Å². The molecule has 4 rings (SSSR count). The topological polar surface area (TPSA) is 96.0 Å². The van der Waals surface area contributed by atoms with Crippen molar-refractivity contribution in [1.82, 2.24) is 10.2 Å². The van der Waals surface area contributed by atoms with Gasteiger partial charge < -0.3 is 15.0 Å². The Labute approximate surface area is 270 Å². The van der Waals surface area contributed by atoms with E-state index in [1.807, 2.05) is 30.3 Å². The number of benzene rings is 3. The molecule has 1 atom stereocenters. The Morgan fingerprint density at radius 1 is 0.932 bits per heavy atom. The highest BCUT2D eigenvalue weighted by molar-refractivity contribution is 7.92. The number of para-hydroxylation sites is 2. The summed E-state index contributed by atoms with van der Waals surface area (Å²) >= 11 is 12.5. The van der Waals surface area contributed by atoms with Crippen LogP contribution in [0.2, 0.25) is 10.0 Å². The van der Waals surface area contributed by atoms with Gasteiger partial charge >= 0.3 is 0 Å². The maximum absolute atomic E-state index is 14.4. The summed E-state index contributed by atoms with van der Waals surface area (Å²) in [7, 11) is -3.93. The van der Waals surface area contributed by atoms with Crippen LogP contribution in [0.4, 0.5) is 5.69 Å². The van der Waals surface area contributed by atoms with Crippen LogP contribution in [0.5, 0.6) is 5.75 Å². The third-order valence-electron chi connectivity index (χ3n) is 7.67. The van der Waals surface area contributed by atoms with Gasteiger partial charge in [-0.05, 0) is 55.2 Å². The van der Waals surface area contributed by atoms with Crippen molar-refractivity contribution >= 4 is 50.7 Å². The molecule has 0 aliphatic heterocycles. The zero-order chi connectivity index (χ0) is 31.7. The molecule has 11 heteroatoms. The van der Waals surface area contributed by atoms with Gasteiger partial charge in [-0.25, -0.2) is 8.42 Å². The van der Waals surface area contributed by atoms with Crippen molar-refractivity contribution in [1.29, 1.82) is 0 Å². The average molecular weight is 661 g/mol. The smallest absolute Gasteiger partial charge is 0.244 e. The number of hydrogen-bond donors (Lipinski definition) is 1. The van der Waals surface area contributed by atoms with Crippen LogP contribution < -0.4 is 14.4 Å². The summed E-state index contributed by atoms with van der Waals surface area (Å²) in [6, 6.07) is 20.3. The highest BCUT2D eigenvalue weighted by Gasteiger charge is 2.34. The summed E-state index contributed by atoms with van der Waals surface area (Å²) in [6.45, 7) is 1.58. The SMILES string of the molecule is CCOc1ccccc1N(CC(=O)N(Cc1ccc(Cl)c(Cl)c1)C(Cc1ccccc1)C(=O)NC1CCCCC1)S(C)(=O)=O. The van der Waals surface area contributed by atoms with Crippen molar-refractivity contribution in [2.24, 2.45) is 0 Å². The Kier molecular flexibility index (Phi) is 11.9. The van der Waals surface area contributed by atoms with E-state index in [-0.39, 0.29) is 30.6 Å². The van der Waals surface area contributed by atoms with Crippen molar-refractivity contribution in [3.8, 4) is 5.75 Å². The van der Waals surface area contributed by atoms with Gasteiger partial charge in [-0.3, -0.25) is 13.9 Å². The molecule has 0 saturated heterocycles. The Morgan fingerprint density at radius 2 is 1.61 bits per heavy atom. The number of amides is 2. The lowest BCUT2D eigenvalue weighted by Crippen LogP contribution is -2.55. The summed E-state index contributed by atoms with van der Waals surface area (Å²) in [5.41, 5.74) is 1.76. The maximum atomic E-state index is 14.4. The van der Waals surface area contributed by atoms with Crippen molar-refractivity contribution in [3.05, 3.63) is 94.0 Å². The third kappa shape index (κ3) is 9.13. The second-order valence-electron chi connectivity index (χ2n) is 11.0. The first-order valence-corrected chi connectivity index (χ1v) is 17.4. The molecule has 1 aliphatic rings. The zero-order valence-electron chi connectivity index (χ0n) is 25.0. The minimum absolute atomic E-state index is 0.00994. The average Bonchev–Trinajstić information content (AvgIpc) is 3.00. The number of nitrogens with zero attached hydrogens (tertiary/aromatic N) is 2. The van der Waals surface area contributed by atoms with Crippen LogP contribution in [0, 0.1) is 0 Å². The number of ether oxygens (including phenoxy) is 1. The van der Waals surface area contributed by atoms with Gasteiger partial charge in [-0.15, -0.1) is 0 Å². The second-order valence-corrected chi connectivity index (χ2v) is 13.7. The molecule has 2 amide bonds. The molecule has 0 radical (unpaired) electrons. The van der Waals surface area contributed by atoms with Gasteiger partial charge in [0.15, 0.2) is 0 Å². The van der Waals surface area contributed by atoms with E-state index in [1.54, 1.807) is 49.4 Å². The molecule has 1 aliphatic carbocycles. The fraction of sp³-hybridized carbons (Fsp3) is 0.394. The van der Waals surface area contributed by atoms with Crippen LogP contribution in [-0.2, 0) is 32.6 Å². The van der Waals surface area contributed by atoms with Crippen molar-refractivity contribution in [2.45, 2.75) is 64.1 Å². The molecule has 3 aromatic carbocycles. The van der Waals surface area contributed by atoms with E-state index < -0.39 is 28.5 Å². The second kappa shape index (κ2) is 15.6. The minimum atomic E-state index is -3.93. The van der Waals surface area contributed by atoms with Crippen LogP contribution in [0.1, 0.15) is 50.2 Å². The number of hydrogen-bond acceptors (Lipinski definition) is 5. The van der Waals surface area contributed by atoms with E-state index in [0.717, 1.165) is 48.2 Å².